The lowest BCUT2D eigenvalue weighted by Crippen LogP contribution is -2.24. The predicted octanol–water partition coefficient (Wildman–Crippen LogP) is 4.68. The number of rotatable bonds is 7. The molecule has 2 aromatic heterocycles. The summed E-state index contributed by atoms with van der Waals surface area (Å²) in [5, 5.41) is 8.90. The van der Waals surface area contributed by atoms with E-state index in [1.807, 2.05) is 50.2 Å². The van der Waals surface area contributed by atoms with Crippen molar-refractivity contribution in [3.8, 4) is 5.69 Å². The Morgan fingerprint density at radius 1 is 1.16 bits per heavy atom. The van der Waals surface area contributed by atoms with Gasteiger partial charge in [0.05, 0.1) is 28.0 Å². The molecule has 164 valence electrons. The summed E-state index contributed by atoms with van der Waals surface area (Å²) in [6.07, 6.45) is 0.774. The number of amides is 1. The van der Waals surface area contributed by atoms with Crippen LogP contribution >= 0.6 is 23.4 Å². The van der Waals surface area contributed by atoms with E-state index < -0.39 is 0 Å². The van der Waals surface area contributed by atoms with Crippen LogP contribution in [0.1, 0.15) is 19.0 Å². The second-order valence-corrected chi connectivity index (χ2v) is 8.65. The summed E-state index contributed by atoms with van der Waals surface area (Å²) in [6.45, 7) is 4.39. The smallest absolute Gasteiger partial charge is 0.262 e. The van der Waals surface area contributed by atoms with Crippen LogP contribution in [0, 0.1) is 6.92 Å². The van der Waals surface area contributed by atoms with Gasteiger partial charge in [-0.1, -0.05) is 48.5 Å². The number of aromatic nitrogens is 4. The van der Waals surface area contributed by atoms with Crippen molar-refractivity contribution in [3.63, 3.8) is 0 Å². The van der Waals surface area contributed by atoms with Crippen LogP contribution in [0.25, 0.3) is 16.6 Å². The molecule has 0 aliphatic carbocycles. The molecule has 0 aliphatic rings. The third-order valence-corrected chi connectivity index (χ3v) is 5.97. The van der Waals surface area contributed by atoms with E-state index in [1.165, 1.54) is 11.8 Å². The van der Waals surface area contributed by atoms with E-state index >= 15 is 0 Å². The van der Waals surface area contributed by atoms with Crippen molar-refractivity contribution >= 4 is 46.0 Å². The number of carbonyl (C=O) groups excluding carboxylic acids is 1. The molecule has 0 saturated heterocycles. The van der Waals surface area contributed by atoms with Gasteiger partial charge in [0.25, 0.3) is 5.56 Å². The molecule has 32 heavy (non-hydrogen) atoms. The number of hydrogen-bond donors (Lipinski definition) is 1. The van der Waals surface area contributed by atoms with Gasteiger partial charge in [-0.15, -0.1) is 0 Å². The molecular weight excluding hydrogens is 446 g/mol. The van der Waals surface area contributed by atoms with E-state index in [1.54, 1.807) is 27.4 Å². The van der Waals surface area contributed by atoms with Gasteiger partial charge in [0.1, 0.15) is 5.82 Å². The highest BCUT2D eigenvalue weighted by Crippen LogP contribution is 2.22. The highest BCUT2D eigenvalue weighted by molar-refractivity contribution is 7.99. The number of fused-ring (bicyclic) bond motifs is 1. The van der Waals surface area contributed by atoms with Crippen LogP contribution < -0.4 is 10.9 Å². The Kier molecular flexibility index (Phi) is 6.62. The maximum Gasteiger partial charge on any atom is 0.262 e. The summed E-state index contributed by atoms with van der Waals surface area (Å²) < 4.78 is 3.31. The lowest BCUT2D eigenvalue weighted by Gasteiger charge is -2.13. The van der Waals surface area contributed by atoms with Gasteiger partial charge in [-0.2, -0.15) is 5.10 Å². The maximum atomic E-state index is 12.9. The number of nitrogens with zero attached hydrogens (tertiary/aromatic N) is 4. The first-order valence-electron chi connectivity index (χ1n) is 10.2. The molecule has 4 rings (SSSR count). The molecular formula is C23H22ClN5O2S. The minimum atomic E-state index is -0.212. The molecule has 9 heteroatoms. The van der Waals surface area contributed by atoms with Crippen LogP contribution in [0.3, 0.4) is 0 Å². The van der Waals surface area contributed by atoms with E-state index in [-0.39, 0.29) is 17.2 Å². The van der Waals surface area contributed by atoms with Crippen LogP contribution in [0.4, 0.5) is 5.82 Å². The monoisotopic (exact) mass is 467 g/mol. The van der Waals surface area contributed by atoms with Gasteiger partial charge in [-0.3, -0.25) is 14.2 Å². The third-order valence-electron chi connectivity index (χ3n) is 4.76. The third kappa shape index (κ3) is 4.71. The zero-order valence-electron chi connectivity index (χ0n) is 17.7. The highest BCUT2D eigenvalue weighted by atomic mass is 35.5. The molecule has 0 unspecified atom stereocenters. The van der Waals surface area contributed by atoms with E-state index in [0.29, 0.717) is 33.4 Å². The summed E-state index contributed by atoms with van der Waals surface area (Å²) in [7, 11) is 0. The van der Waals surface area contributed by atoms with Crippen LogP contribution in [0.15, 0.2) is 64.5 Å². The Bertz CT molecular complexity index is 1330. The SMILES string of the molecule is CCCn1c(SCC(=O)Nc2cc(C)nn2-c2ccccc2)nc2cc(Cl)ccc2c1=O. The Morgan fingerprint density at radius 2 is 1.94 bits per heavy atom. The summed E-state index contributed by atoms with van der Waals surface area (Å²) in [5.41, 5.74) is 2.04. The number of nitrogens with one attached hydrogen (secondary N) is 1. The Labute approximate surface area is 194 Å². The minimum Gasteiger partial charge on any atom is -0.310 e. The Hall–Kier alpha value is -3.10. The number of anilines is 1. The standard InChI is InChI=1S/C23H22ClN5O2S/c1-3-11-28-22(31)18-10-9-16(24)13-19(18)25-23(28)32-14-21(30)26-20-12-15(2)27-29(20)17-7-5-4-6-8-17/h4-10,12-13H,3,11,14H2,1-2H3,(H,26,30). The first kappa shape index (κ1) is 22.1. The number of hydrogen-bond acceptors (Lipinski definition) is 5. The van der Waals surface area contributed by atoms with Crippen LogP contribution in [0.5, 0.6) is 0 Å². The summed E-state index contributed by atoms with van der Waals surface area (Å²) >= 11 is 7.31. The Balaban J connectivity index is 1.56. The fourth-order valence-corrected chi connectivity index (χ4v) is 4.36. The number of aryl methyl sites for hydroxylation is 1. The maximum absolute atomic E-state index is 12.9. The van der Waals surface area contributed by atoms with E-state index in [4.69, 9.17) is 11.6 Å². The minimum absolute atomic E-state index is 0.0985. The lowest BCUT2D eigenvalue weighted by molar-refractivity contribution is -0.113. The molecule has 0 aliphatic heterocycles. The van der Waals surface area contributed by atoms with Crippen molar-refractivity contribution < 1.29 is 4.79 Å². The van der Waals surface area contributed by atoms with Crippen molar-refractivity contribution in [1.82, 2.24) is 19.3 Å². The van der Waals surface area contributed by atoms with Crippen molar-refractivity contribution in [3.05, 3.63) is 75.7 Å². The quantitative estimate of drug-likeness (QED) is 0.315. The number of halogens is 1. The topological polar surface area (TPSA) is 81.8 Å². The second kappa shape index (κ2) is 9.58. The van der Waals surface area contributed by atoms with Gasteiger partial charge in [0.2, 0.25) is 5.91 Å². The molecule has 0 radical (unpaired) electrons. The molecule has 2 heterocycles. The normalized spacial score (nSPS) is 11.1. The summed E-state index contributed by atoms with van der Waals surface area (Å²) in [5.74, 6) is 0.473. The molecule has 1 amide bonds. The molecule has 7 nitrogen and oxygen atoms in total. The second-order valence-electron chi connectivity index (χ2n) is 7.27. The Morgan fingerprint density at radius 3 is 2.69 bits per heavy atom. The summed E-state index contributed by atoms with van der Waals surface area (Å²) in [4.78, 5) is 30.3. The fraction of sp³-hybridized carbons (Fsp3) is 0.217. The molecule has 4 aromatic rings. The zero-order valence-corrected chi connectivity index (χ0v) is 19.3. The molecule has 0 saturated carbocycles. The number of thioether (sulfide) groups is 1. The van der Waals surface area contributed by atoms with Gasteiger partial charge >= 0.3 is 0 Å². The van der Waals surface area contributed by atoms with Gasteiger partial charge < -0.3 is 5.32 Å². The van der Waals surface area contributed by atoms with E-state index in [2.05, 4.69) is 15.4 Å². The number of benzene rings is 2. The van der Waals surface area contributed by atoms with Crippen molar-refractivity contribution in [1.29, 1.82) is 0 Å². The highest BCUT2D eigenvalue weighted by Gasteiger charge is 2.15. The number of carbonyl (C=O) groups is 1. The largest absolute Gasteiger partial charge is 0.310 e. The predicted molar refractivity (Wildman–Crippen MR) is 129 cm³/mol. The number of para-hydroxylation sites is 1. The zero-order chi connectivity index (χ0) is 22.7. The van der Waals surface area contributed by atoms with Crippen molar-refractivity contribution in [2.75, 3.05) is 11.1 Å². The van der Waals surface area contributed by atoms with E-state index in [9.17, 15) is 9.59 Å². The summed E-state index contributed by atoms with van der Waals surface area (Å²) in [6, 6.07) is 16.5. The van der Waals surface area contributed by atoms with Crippen molar-refractivity contribution in [2.45, 2.75) is 32.0 Å². The van der Waals surface area contributed by atoms with Gasteiger partial charge in [-0.05, 0) is 43.7 Å². The first-order valence-corrected chi connectivity index (χ1v) is 11.6. The molecule has 0 atom stereocenters. The van der Waals surface area contributed by atoms with Gasteiger partial charge in [0.15, 0.2) is 5.16 Å². The molecule has 1 N–H and O–H groups in total. The lowest BCUT2D eigenvalue weighted by atomic mass is 10.2. The molecule has 2 aromatic carbocycles. The fourth-order valence-electron chi connectivity index (χ4n) is 3.37. The van der Waals surface area contributed by atoms with Crippen molar-refractivity contribution in [2.24, 2.45) is 0 Å². The van der Waals surface area contributed by atoms with Crippen LogP contribution in [-0.2, 0) is 11.3 Å². The molecule has 0 fully saturated rings. The average molecular weight is 468 g/mol. The van der Waals surface area contributed by atoms with Gasteiger partial charge in [0, 0.05) is 17.6 Å². The molecule has 0 bridgehead atoms. The van der Waals surface area contributed by atoms with E-state index in [0.717, 1.165) is 17.8 Å². The first-order chi connectivity index (χ1) is 15.5. The van der Waals surface area contributed by atoms with Crippen LogP contribution in [0.2, 0.25) is 5.02 Å². The van der Waals surface area contributed by atoms with Gasteiger partial charge in [-0.25, -0.2) is 9.67 Å². The molecule has 0 spiro atoms. The average Bonchev–Trinajstić information content (AvgIpc) is 3.14. The van der Waals surface area contributed by atoms with Crippen LogP contribution in [-0.4, -0.2) is 31.0 Å².